The smallest absolute Gasteiger partial charge is 0.407 e. The summed E-state index contributed by atoms with van der Waals surface area (Å²) >= 11 is 0. The average Bonchev–Trinajstić information content (AvgIpc) is 2.84. The van der Waals surface area contributed by atoms with E-state index in [9.17, 15) is 9.59 Å². The molecule has 0 saturated heterocycles. The molecule has 0 aliphatic carbocycles. The van der Waals surface area contributed by atoms with E-state index in [-0.39, 0.29) is 13.2 Å². The van der Waals surface area contributed by atoms with E-state index in [1.165, 1.54) is 0 Å². The van der Waals surface area contributed by atoms with Gasteiger partial charge in [0.05, 0.1) is 6.54 Å². The molecule has 0 fully saturated rings. The molecular weight excluding hydrogens is 466 g/mol. The highest BCUT2D eigenvalue weighted by Gasteiger charge is 2.19. The van der Waals surface area contributed by atoms with Gasteiger partial charge >= 0.3 is 12.1 Å². The predicted molar refractivity (Wildman–Crippen MR) is 154 cm³/mol. The van der Waals surface area contributed by atoms with Gasteiger partial charge in [0.1, 0.15) is 12.2 Å². The quantitative estimate of drug-likeness (QED) is 0.101. The Morgan fingerprint density at radius 1 is 0.757 bits per heavy atom. The van der Waals surface area contributed by atoms with Gasteiger partial charge in [-0.1, -0.05) is 74.6 Å². The van der Waals surface area contributed by atoms with Crippen LogP contribution < -0.4 is 5.32 Å². The summed E-state index contributed by atoms with van der Waals surface area (Å²) in [7, 11) is 0. The van der Waals surface area contributed by atoms with Gasteiger partial charge < -0.3 is 19.5 Å². The van der Waals surface area contributed by atoms with Crippen molar-refractivity contribution in [1.29, 1.82) is 0 Å². The highest BCUT2D eigenvalue weighted by Crippen LogP contribution is 2.07. The lowest BCUT2D eigenvalue weighted by Crippen LogP contribution is -2.35. The predicted octanol–water partition coefficient (Wildman–Crippen LogP) is 7.77. The first kappa shape index (κ1) is 34.4. The fraction of sp³-hybridized carbons (Fsp3) is 0.613. The zero-order valence-electron chi connectivity index (χ0n) is 23.9. The van der Waals surface area contributed by atoms with Crippen LogP contribution in [0.1, 0.15) is 92.4 Å². The van der Waals surface area contributed by atoms with Crippen molar-refractivity contribution in [3.8, 4) is 0 Å². The molecule has 0 aromatic heterocycles. The van der Waals surface area contributed by atoms with Crippen molar-refractivity contribution in [2.75, 3.05) is 19.8 Å². The Morgan fingerprint density at radius 3 is 1.81 bits per heavy atom. The van der Waals surface area contributed by atoms with Crippen LogP contribution in [0.15, 0.2) is 60.8 Å². The lowest BCUT2D eigenvalue weighted by molar-refractivity contribution is -0.157. The first-order valence-corrected chi connectivity index (χ1v) is 13.8. The molecule has 1 N–H and O–H groups in total. The van der Waals surface area contributed by atoms with Gasteiger partial charge in [-0.15, -0.1) is 0 Å². The Balaban J connectivity index is 3.76. The summed E-state index contributed by atoms with van der Waals surface area (Å²) in [6, 6.07) is 0. The van der Waals surface area contributed by atoms with E-state index in [1.807, 2.05) is 6.92 Å². The number of hydrogen-bond donors (Lipinski definition) is 1. The van der Waals surface area contributed by atoms with Crippen LogP contribution in [0.3, 0.4) is 0 Å². The number of nitrogens with one attached hydrogen (secondary N) is 1. The third-order valence-electron chi connectivity index (χ3n) is 4.89. The van der Waals surface area contributed by atoms with Crippen molar-refractivity contribution in [1.82, 2.24) is 5.32 Å². The van der Waals surface area contributed by atoms with Crippen molar-refractivity contribution >= 4 is 12.1 Å². The second-order valence-corrected chi connectivity index (χ2v) is 9.57. The lowest BCUT2D eigenvalue weighted by Gasteiger charge is -2.20. The topological polar surface area (TPSA) is 73.9 Å². The Morgan fingerprint density at radius 2 is 1.30 bits per heavy atom. The van der Waals surface area contributed by atoms with Crippen LogP contribution in [0, 0.1) is 0 Å². The minimum atomic E-state index is -0.574. The summed E-state index contributed by atoms with van der Waals surface area (Å²) < 4.78 is 16.0. The molecule has 210 valence electrons. The summed E-state index contributed by atoms with van der Waals surface area (Å²) in [5, 5.41) is 2.56. The maximum absolute atomic E-state index is 12.2. The van der Waals surface area contributed by atoms with E-state index in [1.54, 1.807) is 20.8 Å². The van der Waals surface area contributed by atoms with Crippen LogP contribution in [0.2, 0.25) is 0 Å². The van der Waals surface area contributed by atoms with Crippen LogP contribution in [-0.2, 0) is 19.0 Å². The number of carbonyl (C=O) groups is 2. The van der Waals surface area contributed by atoms with Crippen molar-refractivity contribution in [2.45, 2.75) is 104 Å². The molecular formula is C31H51NO5. The SMILES string of the molecule is CCC=CCC=CCC=CCC=CCC=CCCCCOC(CC)C(=O)OCCNC(=O)OC(C)(C)C. The van der Waals surface area contributed by atoms with Gasteiger partial charge in [-0.05, 0) is 78.6 Å². The summed E-state index contributed by atoms with van der Waals surface area (Å²) in [5.41, 5.74) is -0.560. The molecule has 1 amide bonds. The molecule has 0 bridgehead atoms. The normalized spacial score (nSPS) is 13.4. The number of carbonyl (C=O) groups excluding carboxylic acids is 2. The molecule has 0 heterocycles. The second kappa shape index (κ2) is 23.8. The maximum Gasteiger partial charge on any atom is 0.407 e. The van der Waals surface area contributed by atoms with Crippen molar-refractivity contribution in [3.05, 3.63) is 60.8 Å². The third-order valence-corrected chi connectivity index (χ3v) is 4.89. The molecule has 6 nitrogen and oxygen atoms in total. The maximum atomic E-state index is 12.2. The van der Waals surface area contributed by atoms with E-state index < -0.39 is 23.8 Å². The van der Waals surface area contributed by atoms with Crippen LogP contribution in [-0.4, -0.2) is 43.5 Å². The molecule has 0 aromatic rings. The minimum absolute atomic E-state index is 0.0853. The Labute approximate surface area is 225 Å². The first-order chi connectivity index (χ1) is 17.8. The number of hydrogen-bond acceptors (Lipinski definition) is 5. The molecule has 1 unspecified atom stereocenters. The molecule has 0 aromatic carbocycles. The van der Waals surface area contributed by atoms with Gasteiger partial charge in [0, 0.05) is 6.61 Å². The average molecular weight is 518 g/mol. The number of esters is 1. The largest absolute Gasteiger partial charge is 0.462 e. The molecule has 0 radical (unpaired) electrons. The minimum Gasteiger partial charge on any atom is -0.462 e. The van der Waals surface area contributed by atoms with E-state index >= 15 is 0 Å². The number of amides is 1. The molecule has 37 heavy (non-hydrogen) atoms. The summed E-state index contributed by atoms with van der Waals surface area (Å²) in [4.78, 5) is 23.7. The molecule has 0 spiro atoms. The van der Waals surface area contributed by atoms with Gasteiger partial charge in [-0.25, -0.2) is 9.59 Å². The number of rotatable bonds is 20. The molecule has 6 heteroatoms. The van der Waals surface area contributed by atoms with Crippen molar-refractivity contribution in [2.24, 2.45) is 0 Å². The number of alkyl carbamates (subject to hydrolysis) is 1. The van der Waals surface area contributed by atoms with Crippen LogP contribution in [0.25, 0.3) is 0 Å². The lowest BCUT2D eigenvalue weighted by atomic mass is 10.2. The van der Waals surface area contributed by atoms with Gasteiger partial charge in [-0.3, -0.25) is 0 Å². The molecule has 0 saturated carbocycles. The number of allylic oxidation sites excluding steroid dienone is 10. The summed E-state index contributed by atoms with van der Waals surface area (Å²) in [6.07, 6.45) is 29.3. The standard InChI is InChI=1S/C31H51NO5/c1-6-8-9-10-11-12-13-14-15-16-17-18-19-20-21-22-23-24-26-35-28(7-2)29(33)36-27-25-32-30(34)37-31(3,4)5/h8-9,11-12,14-15,17-18,20-21,28H,6-7,10,13,16,19,22-27H2,1-5H3,(H,32,34). The van der Waals surface area contributed by atoms with E-state index in [2.05, 4.69) is 73.0 Å². The van der Waals surface area contributed by atoms with E-state index in [0.29, 0.717) is 13.0 Å². The Kier molecular flexibility index (Phi) is 22.1. The highest BCUT2D eigenvalue weighted by molar-refractivity contribution is 5.74. The van der Waals surface area contributed by atoms with Crippen molar-refractivity contribution in [3.63, 3.8) is 0 Å². The first-order valence-electron chi connectivity index (χ1n) is 13.8. The van der Waals surface area contributed by atoms with Crippen molar-refractivity contribution < 1.29 is 23.8 Å². The van der Waals surface area contributed by atoms with E-state index in [0.717, 1.165) is 51.4 Å². The Hall–Kier alpha value is -2.60. The van der Waals surface area contributed by atoms with Gasteiger partial charge in [0.2, 0.25) is 0 Å². The van der Waals surface area contributed by atoms with Crippen LogP contribution in [0.5, 0.6) is 0 Å². The number of ether oxygens (including phenoxy) is 3. The fourth-order valence-corrected chi connectivity index (χ4v) is 3.02. The molecule has 1 atom stereocenters. The van der Waals surface area contributed by atoms with Crippen LogP contribution >= 0.6 is 0 Å². The number of unbranched alkanes of at least 4 members (excludes halogenated alkanes) is 2. The third kappa shape index (κ3) is 24.9. The zero-order valence-corrected chi connectivity index (χ0v) is 23.9. The van der Waals surface area contributed by atoms with Crippen LogP contribution in [0.4, 0.5) is 4.79 Å². The Bertz CT molecular complexity index is 728. The zero-order chi connectivity index (χ0) is 27.6. The summed E-state index contributed by atoms with van der Waals surface area (Å²) in [6.45, 7) is 10.2. The highest BCUT2D eigenvalue weighted by atomic mass is 16.6. The van der Waals surface area contributed by atoms with Gasteiger partial charge in [0.25, 0.3) is 0 Å². The van der Waals surface area contributed by atoms with E-state index in [4.69, 9.17) is 14.2 Å². The molecule has 0 aliphatic heterocycles. The van der Waals surface area contributed by atoms with Gasteiger partial charge in [0.15, 0.2) is 6.10 Å². The monoisotopic (exact) mass is 517 g/mol. The van der Waals surface area contributed by atoms with Gasteiger partial charge in [-0.2, -0.15) is 0 Å². The summed E-state index contributed by atoms with van der Waals surface area (Å²) in [5.74, 6) is -0.397. The molecule has 0 rings (SSSR count). The second-order valence-electron chi connectivity index (χ2n) is 9.57. The fourth-order valence-electron chi connectivity index (χ4n) is 3.02. The molecule has 0 aliphatic rings.